The van der Waals surface area contributed by atoms with Crippen LogP contribution in [0.5, 0.6) is 0 Å². The molecule has 6 heteroatoms. The third kappa shape index (κ3) is 42.6. The summed E-state index contributed by atoms with van der Waals surface area (Å²) in [6, 6.07) is 0. The van der Waals surface area contributed by atoms with E-state index in [2.05, 4.69) is 20.8 Å². The molecule has 1 fully saturated rings. The second-order valence-electron chi connectivity index (χ2n) is 22.1. The zero-order chi connectivity index (χ0) is 49.8. The fourth-order valence-electron chi connectivity index (χ4n) is 10.7. The summed E-state index contributed by atoms with van der Waals surface area (Å²) in [5.74, 6) is -2.41. The van der Waals surface area contributed by atoms with E-state index in [9.17, 15) is 14.4 Å². The van der Waals surface area contributed by atoms with Crippen LogP contribution in [0, 0.1) is 17.8 Å². The van der Waals surface area contributed by atoms with Crippen LogP contribution in [-0.4, -0.2) is 37.7 Å². The molecule has 0 spiro atoms. The molecule has 0 heterocycles. The van der Waals surface area contributed by atoms with Crippen LogP contribution >= 0.6 is 0 Å². The average Bonchev–Trinajstić information content (AvgIpc) is 3.36. The number of carbonyl (C=O) groups excluding carboxylic acids is 3. The minimum Gasteiger partial charge on any atom is -0.465 e. The quantitative estimate of drug-likeness (QED) is 0.0343. The van der Waals surface area contributed by atoms with Gasteiger partial charge in [-0.25, -0.2) is 0 Å². The number of ether oxygens (including phenoxy) is 3. The van der Waals surface area contributed by atoms with E-state index in [0.717, 1.165) is 38.5 Å². The first-order chi connectivity index (χ1) is 34.0. The number of rotatable bonds is 54. The maximum atomic E-state index is 13.6. The lowest BCUT2D eigenvalue weighted by molar-refractivity contribution is -0.167. The molecule has 0 aromatic heterocycles. The zero-order valence-electron chi connectivity index (χ0n) is 46.9. The van der Waals surface area contributed by atoms with E-state index in [1.165, 1.54) is 270 Å². The molecule has 0 saturated heterocycles. The lowest BCUT2D eigenvalue weighted by Gasteiger charge is -2.32. The van der Waals surface area contributed by atoms with Gasteiger partial charge in [-0.05, 0) is 38.5 Å². The summed E-state index contributed by atoms with van der Waals surface area (Å²) in [7, 11) is 0. The standard InChI is InChI=1S/C63H120O6/c1-4-7-10-13-16-19-22-25-28-31-34-37-40-43-46-49-54-67-61(64)58-52-53-59(62(65)68-55-50-47-44-41-38-35-32-29-26-23-20-17-14-11-8-5-2)60(57-58)63(66)69-56-51-48-45-42-39-36-33-30-27-24-21-18-15-12-9-6-3/h58-60H,4-57H2,1-3H3. The van der Waals surface area contributed by atoms with Crippen molar-refractivity contribution in [2.24, 2.45) is 17.8 Å². The van der Waals surface area contributed by atoms with Crippen LogP contribution < -0.4 is 0 Å². The predicted octanol–water partition coefficient (Wildman–Crippen LogP) is 20.4. The Bertz CT molecular complexity index is 1090. The van der Waals surface area contributed by atoms with Crippen LogP contribution in [0.25, 0.3) is 0 Å². The van der Waals surface area contributed by atoms with Crippen LogP contribution in [0.1, 0.15) is 348 Å². The summed E-state index contributed by atoms with van der Waals surface area (Å²) in [6.07, 6.45) is 64.0. The van der Waals surface area contributed by atoms with Crippen LogP contribution in [0.2, 0.25) is 0 Å². The van der Waals surface area contributed by atoms with Gasteiger partial charge in [0.05, 0.1) is 37.6 Å². The van der Waals surface area contributed by atoms with E-state index in [0.29, 0.717) is 39.1 Å². The molecule has 0 amide bonds. The molecule has 0 aromatic rings. The number of unbranched alkanes of at least 4 members (excludes halogenated alkanes) is 45. The second kappa shape index (κ2) is 52.7. The topological polar surface area (TPSA) is 78.9 Å². The van der Waals surface area contributed by atoms with Crippen LogP contribution in [-0.2, 0) is 28.6 Å². The molecule has 69 heavy (non-hydrogen) atoms. The highest BCUT2D eigenvalue weighted by atomic mass is 16.5. The lowest BCUT2D eigenvalue weighted by atomic mass is 9.74. The SMILES string of the molecule is CCCCCCCCCCCCCCCCCCOC(=O)C1CCC(C(=O)OCCCCCCCCCCCCCCCCCC)C(C(=O)OCCCCCCCCCCCCCCCCCC)C1. The Morgan fingerprint density at radius 3 is 0.710 bits per heavy atom. The van der Waals surface area contributed by atoms with Crippen molar-refractivity contribution in [2.75, 3.05) is 19.8 Å². The molecule has 1 saturated carbocycles. The van der Waals surface area contributed by atoms with Gasteiger partial charge in [-0.2, -0.15) is 0 Å². The molecule has 0 bridgehead atoms. The molecule has 0 aromatic carbocycles. The first kappa shape index (κ1) is 65.4. The molecule has 1 aliphatic rings. The monoisotopic (exact) mass is 973 g/mol. The van der Waals surface area contributed by atoms with Gasteiger partial charge in [-0.15, -0.1) is 0 Å². The summed E-state index contributed by atoms with van der Waals surface area (Å²) in [5, 5.41) is 0. The van der Waals surface area contributed by atoms with Crippen molar-refractivity contribution < 1.29 is 28.6 Å². The summed E-state index contributed by atoms with van der Waals surface area (Å²) in [5.41, 5.74) is 0. The summed E-state index contributed by atoms with van der Waals surface area (Å²) in [6.45, 7) is 8.07. The largest absolute Gasteiger partial charge is 0.465 e. The highest BCUT2D eigenvalue weighted by Crippen LogP contribution is 2.37. The predicted molar refractivity (Wildman–Crippen MR) is 296 cm³/mol. The van der Waals surface area contributed by atoms with Gasteiger partial charge in [0.15, 0.2) is 0 Å². The van der Waals surface area contributed by atoms with Gasteiger partial charge in [-0.3, -0.25) is 14.4 Å². The number of carbonyl (C=O) groups is 3. The smallest absolute Gasteiger partial charge is 0.309 e. The van der Waals surface area contributed by atoms with Gasteiger partial charge in [0.25, 0.3) is 0 Å². The van der Waals surface area contributed by atoms with Crippen molar-refractivity contribution in [1.29, 1.82) is 0 Å². The van der Waals surface area contributed by atoms with Crippen molar-refractivity contribution >= 4 is 17.9 Å². The van der Waals surface area contributed by atoms with Crippen molar-refractivity contribution in [3.63, 3.8) is 0 Å². The number of hydrogen-bond donors (Lipinski definition) is 0. The molecule has 1 rings (SSSR count). The minimum atomic E-state index is -0.647. The first-order valence-electron chi connectivity index (χ1n) is 31.5. The summed E-state index contributed by atoms with van der Waals surface area (Å²) < 4.78 is 17.4. The molecule has 1 aliphatic carbocycles. The van der Waals surface area contributed by atoms with Gasteiger partial charge >= 0.3 is 17.9 Å². The van der Waals surface area contributed by atoms with Crippen LogP contribution in [0.3, 0.4) is 0 Å². The van der Waals surface area contributed by atoms with E-state index in [-0.39, 0.29) is 23.8 Å². The van der Waals surface area contributed by atoms with E-state index in [4.69, 9.17) is 14.2 Å². The van der Waals surface area contributed by atoms with Gasteiger partial charge in [0, 0.05) is 0 Å². The fourth-order valence-corrected chi connectivity index (χ4v) is 10.7. The van der Waals surface area contributed by atoms with Crippen LogP contribution in [0.15, 0.2) is 0 Å². The van der Waals surface area contributed by atoms with Crippen LogP contribution in [0.4, 0.5) is 0 Å². The third-order valence-electron chi connectivity index (χ3n) is 15.5. The van der Waals surface area contributed by atoms with Crippen molar-refractivity contribution in [3.8, 4) is 0 Å². The highest BCUT2D eigenvalue weighted by molar-refractivity contribution is 5.83. The maximum Gasteiger partial charge on any atom is 0.309 e. The molecule has 0 N–H and O–H groups in total. The van der Waals surface area contributed by atoms with E-state index < -0.39 is 11.8 Å². The average molecular weight is 974 g/mol. The van der Waals surface area contributed by atoms with Crippen molar-refractivity contribution in [1.82, 2.24) is 0 Å². The normalized spacial score (nSPS) is 16.0. The van der Waals surface area contributed by atoms with E-state index >= 15 is 0 Å². The van der Waals surface area contributed by atoms with Crippen molar-refractivity contribution in [2.45, 2.75) is 348 Å². The Balaban J connectivity index is 2.35. The maximum absolute atomic E-state index is 13.6. The first-order valence-corrected chi connectivity index (χ1v) is 31.5. The minimum absolute atomic E-state index is 0.216. The highest BCUT2D eigenvalue weighted by Gasteiger charge is 2.43. The van der Waals surface area contributed by atoms with Crippen molar-refractivity contribution in [3.05, 3.63) is 0 Å². The van der Waals surface area contributed by atoms with Gasteiger partial charge < -0.3 is 14.2 Å². The van der Waals surface area contributed by atoms with E-state index in [1.54, 1.807) is 0 Å². The number of hydrogen-bond acceptors (Lipinski definition) is 6. The molecule has 0 radical (unpaired) electrons. The third-order valence-corrected chi connectivity index (χ3v) is 15.5. The zero-order valence-corrected chi connectivity index (χ0v) is 46.9. The summed E-state index contributed by atoms with van der Waals surface area (Å²) >= 11 is 0. The molecule has 3 unspecified atom stereocenters. The molecule has 0 aliphatic heterocycles. The Morgan fingerprint density at radius 1 is 0.261 bits per heavy atom. The van der Waals surface area contributed by atoms with Gasteiger partial charge in [0.1, 0.15) is 0 Å². The molecule has 6 nitrogen and oxygen atoms in total. The Morgan fingerprint density at radius 2 is 0.464 bits per heavy atom. The van der Waals surface area contributed by atoms with Gasteiger partial charge in [0.2, 0.25) is 0 Å². The Labute approximate surface area is 430 Å². The number of esters is 3. The molecule has 3 atom stereocenters. The van der Waals surface area contributed by atoms with Gasteiger partial charge in [-0.1, -0.05) is 310 Å². The Hall–Kier alpha value is -1.59. The summed E-state index contributed by atoms with van der Waals surface area (Å²) in [4.78, 5) is 40.4. The van der Waals surface area contributed by atoms with E-state index in [1.807, 2.05) is 0 Å². The Kier molecular flexibility index (Phi) is 50.0. The molecule has 408 valence electrons. The fraction of sp³-hybridized carbons (Fsp3) is 0.952. The molecular formula is C63H120O6. The second-order valence-corrected chi connectivity index (χ2v) is 22.1. The molecular weight excluding hydrogens is 853 g/mol. The lowest BCUT2D eigenvalue weighted by Crippen LogP contribution is -2.40.